The number of methoxy groups -OCH3 is 1. The van der Waals surface area contributed by atoms with Crippen molar-refractivity contribution in [1.29, 1.82) is 0 Å². The number of fused-ring (bicyclic) bond motifs is 2. The second-order valence-corrected chi connectivity index (χ2v) is 7.13. The lowest BCUT2D eigenvalue weighted by molar-refractivity contribution is -0.0810. The van der Waals surface area contributed by atoms with Crippen molar-refractivity contribution >= 4 is 28.4 Å². The van der Waals surface area contributed by atoms with E-state index >= 15 is 0 Å². The number of nitrogens with zero attached hydrogens (tertiary/aromatic N) is 1. The summed E-state index contributed by atoms with van der Waals surface area (Å²) in [4.78, 5) is 12.8. The highest BCUT2D eigenvalue weighted by atomic mass is 35.5. The van der Waals surface area contributed by atoms with Gasteiger partial charge in [0.05, 0.1) is 12.7 Å². The van der Waals surface area contributed by atoms with E-state index in [1.54, 1.807) is 7.11 Å². The van der Waals surface area contributed by atoms with E-state index in [1.807, 2.05) is 35.9 Å². The monoisotopic (exact) mass is 348 g/mol. The molecule has 0 spiro atoms. The van der Waals surface area contributed by atoms with Gasteiger partial charge in [0.25, 0.3) is 5.91 Å². The fourth-order valence-electron chi connectivity index (χ4n) is 4.18. The zero-order valence-corrected chi connectivity index (χ0v) is 14.5. The molecule has 1 aromatic carbocycles. The SMILES string of the molecule is COC[C@@H]1[C@H](NC(=O)c2cc3ccc(Cl)cc3n2C)[C@@H]2CCO[C@H]12. The van der Waals surface area contributed by atoms with Crippen LogP contribution < -0.4 is 5.32 Å². The Balaban J connectivity index is 1.57. The summed E-state index contributed by atoms with van der Waals surface area (Å²) in [6, 6.07) is 7.68. The van der Waals surface area contributed by atoms with Gasteiger partial charge in [-0.1, -0.05) is 17.7 Å². The first-order valence-corrected chi connectivity index (χ1v) is 8.64. The molecule has 4 atom stereocenters. The van der Waals surface area contributed by atoms with Gasteiger partial charge in [0.15, 0.2) is 0 Å². The van der Waals surface area contributed by atoms with Crippen LogP contribution in [0.5, 0.6) is 0 Å². The first kappa shape index (κ1) is 15.9. The van der Waals surface area contributed by atoms with Crippen LogP contribution in [0.3, 0.4) is 0 Å². The third kappa shape index (κ3) is 2.42. The minimum absolute atomic E-state index is 0.0544. The topological polar surface area (TPSA) is 52.5 Å². The summed E-state index contributed by atoms with van der Waals surface area (Å²) in [5.41, 5.74) is 1.60. The van der Waals surface area contributed by atoms with E-state index in [-0.39, 0.29) is 24.0 Å². The standard InChI is InChI=1S/C18H21ClN2O3/c1-21-14-8-11(19)4-3-10(14)7-15(21)18(22)20-16-12-5-6-24-17(12)13(16)9-23-2/h3-4,7-8,12-13,16-17H,5-6,9H2,1-2H3,(H,20,22)/t12-,13+,16+,17-/m0/s1. The Hall–Kier alpha value is -1.56. The number of ether oxygens (including phenoxy) is 2. The van der Waals surface area contributed by atoms with Crippen molar-refractivity contribution in [2.24, 2.45) is 18.9 Å². The summed E-state index contributed by atoms with van der Waals surface area (Å²) in [6.45, 7) is 1.38. The zero-order valence-electron chi connectivity index (χ0n) is 13.8. The Bertz CT molecular complexity index is 788. The molecule has 1 aliphatic heterocycles. The quantitative estimate of drug-likeness (QED) is 0.924. The van der Waals surface area contributed by atoms with Crippen molar-refractivity contribution in [3.05, 3.63) is 35.0 Å². The van der Waals surface area contributed by atoms with Gasteiger partial charge in [-0.2, -0.15) is 0 Å². The third-order valence-electron chi connectivity index (χ3n) is 5.42. The fraction of sp³-hybridized carbons (Fsp3) is 0.500. The van der Waals surface area contributed by atoms with Crippen LogP contribution in [0.2, 0.25) is 5.02 Å². The second-order valence-electron chi connectivity index (χ2n) is 6.70. The van der Waals surface area contributed by atoms with E-state index < -0.39 is 0 Å². The van der Waals surface area contributed by atoms with Crippen molar-refractivity contribution in [3.8, 4) is 0 Å². The molecule has 1 saturated heterocycles. The van der Waals surface area contributed by atoms with Crippen LogP contribution in [-0.4, -0.2) is 42.9 Å². The highest BCUT2D eigenvalue weighted by molar-refractivity contribution is 6.31. The number of halogens is 1. The van der Waals surface area contributed by atoms with Crippen LogP contribution >= 0.6 is 11.6 Å². The maximum absolute atomic E-state index is 12.8. The lowest BCUT2D eigenvalue weighted by Crippen LogP contribution is -2.62. The van der Waals surface area contributed by atoms with E-state index in [1.165, 1.54) is 0 Å². The predicted molar refractivity (Wildman–Crippen MR) is 92.4 cm³/mol. The van der Waals surface area contributed by atoms with Crippen LogP contribution in [0.1, 0.15) is 16.9 Å². The number of aromatic nitrogens is 1. The van der Waals surface area contributed by atoms with Gasteiger partial charge in [0, 0.05) is 54.6 Å². The van der Waals surface area contributed by atoms with E-state index in [4.69, 9.17) is 21.1 Å². The number of benzene rings is 1. The molecular weight excluding hydrogens is 328 g/mol. The Morgan fingerprint density at radius 1 is 1.46 bits per heavy atom. The second kappa shape index (κ2) is 6.06. The summed E-state index contributed by atoms with van der Waals surface area (Å²) in [6.07, 6.45) is 1.22. The summed E-state index contributed by atoms with van der Waals surface area (Å²) >= 11 is 6.07. The van der Waals surface area contributed by atoms with Gasteiger partial charge < -0.3 is 19.4 Å². The average Bonchev–Trinajstić information content (AvgIpc) is 3.13. The van der Waals surface area contributed by atoms with Gasteiger partial charge in [-0.15, -0.1) is 0 Å². The molecule has 1 amide bonds. The molecule has 2 aromatic rings. The number of amides is 1. The van der Waals surface area contributed by atoms with Crippen LogP contribution in [0, 0.1) is 11.8 Å². The molecule has 24 heavy (non-hydrogen) atoms. The molecule has 1 saturated carbocycles. The van der Waals surface area contributed by atoms with Gasteiger partial charge in [0.1, 0.15) is 5.69 Å². The normalized spacial score (nSPS) is 28.6. The van der Waals surface area contributed by atoms with Crippen molar-refractivity contribution in [3.63, 3.8) is 0 Å². The van der Waals surface area contributed by atoms with E-state index in [2.05, 4.69) is 5.32 Å². The van der Waals surface area contributed by atoms with Crippen molar-refractivity contribution in [2.75, 3.05) is 20.3 Å². The van der Waals surface area contributed by atoms with Crippen LogP contribution in [0.4, 0.5) is 0 Å². The molecule has 2 aliphatic rings. The van der Waals surface area contributed by atoms with Gasteiger partial charge in [-0.3, -0.25) is 4.79 Å². The number of carbonyl (C=O) groups is 1. The largest absolute Gasteiger partial charge is 0.384 e. The molecule has 0 radical (unpaired) electrons. The van der Waals surface area contributed by atoms with Crippen molar-refractivity contribution < 1.29 is 14.3 Å². The van der Waals surface area contributed by atoms with Crippen LogP contribution in [0.25, 0.3) is 10.9 Å². The third-order valence-corrected chi connectivity index (χ3v) is 5.66. The highest BCUT2D eigenvalue weighted by Gasteiger charge is 2.54. The molecule has 128 valence electrons. The number of hydrogen-bond donors (Lipinski definition) is 1. The molecular formula is C18H21ClN2O3. The van der Waals surface area contributed by atoms with Crippen molar-refractivity contribution in [1.82, 2.24) is 9.88 Å². The Kier molecular flexibility index (Phi) is 4.03. The van der Waals surface area contributed by atoms with E-state index in [0.29, 0.717) is 23.2 Å². The van der Waals surface area contributed by atoms with Gasteiger partial charge in [-0.05, 0) is 24.6 Å². The van der Waals surface area contributed by atoms with Crippen LogP contribution in [0.15, 0.2) is 24.3 Å². The number of nitrogens with one attached hydrogen (secondary N) is 1. The molecule has 1 aromatic heterocycles. The minimum atomic E-state index is -0.0544. The predicted octanol–water partition coefficient (Wildman–Crippen LogP) is 2.61. The molecule has 0 bridgehead atoms. The zero-order chi connectivity index (χ0) is 16.8. The number of hydrogen-bond acceptors (Lipinski definition) is 3. The van der Waals surface area contributed by atoms with Gasteiger partial charge >= 0.3 is 0 Å². The summed E-state index contributed by atoms with van der Waals surface area (Å²) in [5, 5.41) is 4.88. The smallest absolute Gasteiger partial charge is 0.268 e. The summed E-state index contributed by atoms with van der Waals surface area (Å²) in [7, 11) is 3.58. The first-order valence-electron chi connectivity index (χ1n) is 8.26. The Morgan fingerprint density at radius 2 is 2.29 bits per heavy atom. The maximum Gasteiger partial charge on any atom is 0.268 e. The molecule has 2 heterocycles. The number of rotatable bonds is 4. The average molecular weight is 349 g/mol. The van der Waals surface area contributed by atoms with Crippen molar-refractivity contribution in [2.45, 2.75) is 18.6 Å². The molecule has 0 unspecified atom stereocenters. The molecule has 4 rings (SSSR count). The van der Waals surface area contributed by atoms with E-state index in [0.717, 1.165) is 23.9 Å². The highest BCUT2D eigenvalue weighted by Crippen LogP contribution is 2.43. The summed E-state index contributed by atoms with van der Waals surface area (Å²) in [5.74, 6) is 0.579. The molecule has 2 fully saturated rings. The van der Waals surface area contributed by atoms with Gasteiger partial charge in [-0.25, -0.2) is 0 Å². The van der Waals surface area contributed by atoms with Gasteiger partial charge in [0.2, 0.25) is 0 Å². The maximum atomic E-state index is 12.8. The number of carbonyl (C=O) groups excluding carboxylic acids is 1. The Morgan fingerprint density at radius 3 is 3.08 bits per heavy atom. The summed E-state index contributed by atoms with van der Waals surface area (Å²) < 4.78 is 13.0. The Labute approximate surface area is 145 Å². The lowest BCUT2D eigenvalue weighted by Gasteiger charge is -2.47. The molecule has 1 aliphatic carbocycles. The lowest BCUT2D eigenvalue weighted by atomic mass is 9.67. The minimum Gasteiger partial charge on any atom is -0.384 e. The molecule has 5 nitrogen and oxygen atoms in total. The molecule has 1 N–H and O–H groups in total. The van der Waals surface area contributed by atoms with E-state index in [9.17, 15) is 4.79 Å². The molecule has 6 heteroatoms. The first-order chi connectivity index (χ1) is 11.6. The number of aryl methyl sites for hydroxylation is 1. The fourth-order valence-corrected chi connectivity index (χ4v) is 4.35. The van der Waals surface area contributed by atoms with Crippen LogP contribution in [-0.2, 0) is 16.5 Å².